The molecule has 2 rings (SSSR count). The largest absolute Gasteiger partial charge is 0.359 e. The first kappa shape index (κ1) is 15.6. The lowest BCUT2D eigenvalue weighted by Gasteiger charge is -2.20. The Bertz CT molecular complexity index is 674. The average molecular weight is 305 g/mol. The molecule has 0 fully saturated rings. The molecular weight excluding hydrogens is 286 g/mol. The zero-order chi connectivity index (χ0) is 15.5. The first-order valence-corrected chi connectivity index (χ1v) is 8.59. The van der Waals surface area contributed by atoms with E-state index in [-0.39, 0.29) is 11.4 Å². The van der Waals surface area contributed by atoms with Gasteiger partial charge >= 0.3 is 5.66 Å². The minimum Gasteiger partial charge on any atom is -0.282 e. The van der Waals surface area contributed by atoms with Crippen LogP contribution in [0.25, 0.3) is 4.85 Å². The zero-order valence-corrected chi connectivity index (χ0v) is 13.1. The molecule has 0 unspecified atom stereocenters. The topological polar surface area (TPSA) is 63.2 Å². The average Bonchev–Trinajstić information content (AvgIpc) is 2.91. The molecule has 21 heavy (non-hydrogen) atoms. The van der Waals surface area contributed by atoms with Gasteiger partial charge in [0.2, 0.25) is 0 Å². The summed E-state index contributed by atoms with van der Waals surface area (Å²) >= 11 is 0. The van der Waals surface area contributed by atoms with Crippen molar-refractivity contribution in [2.24, 2.45) is 10.2 Å². The molecule has 0 aliphatic carbocycles. The first-order valence-electron chi connectivity index (χ1n) is 7.04. The Morgan fingerprint density at radius 1 is 1.38 bits per heavy atom. The number of benzene rings is 1. The van der Waals surface area contributed by atoms with E-state index in [0.29, 0.717) is 6.42 Å². The van der Waals surface area contributed by atoms with Crippen LogP contribution in [0.4, 0.5) is 0 Å². The molecule has 0 saturated carbocycles. The number of aryl methyl sites for hydroxylation is 1. The highest BCUT2D eigenvalue weighted by Gasteiger charge is 2.56. The normalized spacial score (nSPS) is 24.9. The number of rotatable bonds is 5. The molecule has 1 aromatic carbocycles. The lowest BCUT2D eigenvalue weighted by Crippen LogP contribution is -2.41. The lowest BCUT2D eigenvalue weighted by atomic mass is 10.0. The zero-order valence-electron chi connectivity index (χ0n) is 12.3. The Kier molecular flexibility index (Phi) is 4.43. The Morgan fingerprint density at radius 2 is 2.05 bits per heavy atom. The Morgan fingerprint density at radius 3 is 2.62 bits per heavy atom. The van der Waals surface area contributed by atoms with Gasteiger partial charge in [-0.25, -0.2) is 15.0 Å². The number of hydrogen-bond donors (Lipinski definition) is 0. The van der Waals surface area contributed by atoms with Crippen LogP contribution in [0.15, 0.2) is 39.4 Å². The van der Waals surface area contributed by atoms with Crippen LogP contribution in [0.3, 0.4) is 0 Å². The maximum atomic E-state index is 12.8. The fourth-order valence-electron chi connectivity index (χ4n) is 2.49. The standard InChI is InChI=1S/C15H19N3O2S/c1-4-5-10-15(16-3)14(11-17-18-15)21(19,20)13-8-6-12(2)7-9-13/h6-9,14H,4-5,10-11H2,1-2H3/t14-,15+/m1/s1. The Hall–Kier alpha value is -1.74. The van der Waals surface area contributed by atoms with Crippen molar-refractivity contribution < 1.29 is 8.42 Å². The van der Waals surface area contributed by atoms with Crippen LogP contribution in [0, 0.1) is 13.5 Å². The third-order valence-electron chi connectivity index (χ3n) is 3.82. The summed E-state index contributed by atoms with van der Waals surface area (Å²) in [6.07, 6.45) is 2.09. The van der Waals surface area contributed by atoms with Crippen LogP contribution in [0.2, 0.25) is 0 Å². The van der Waals surface area contributed by atoms with Crippen molar-refractivity contribution >= 4 is 9.84 Å². The van der Waals surface area contributed by atoms with Crippen molar-refractivity contribution in [1.29, 1.82) is 0 Å². The predicted octanol–water partition coefficient (Wildman–Crippen LogP) is 3.41. The van der Waals surface area contributed by atoms with Crippen molar-refractivity contribution in [3.8, 4) is 0 Å². The fourth-order valence-corrected chi connectivity index (χ4v) is 4.31. The molecule has 1 aliphatic rings. The Balaban J connectivity index is 2.39. The van der Waals surface area contributed by atoms with E-state index in [2.05, 4.69) is 15.1 Å². The highest BCUT2D eigenvalue weighted by molar-refractivity contribution is 7.92. The van der Waals surface area contributed by atoms with Gasteiger partial charge in [-0.2, -0.15) is 5.11 Å². The second-order valence-corrected chi connectivity index (χ2v) is 7.50. The second-order valence-electron chi connectivity index (χ2n) is 5.36. The number of nitrogens with zero attached hydrogens (tertiary/aromatic N) is 3. The molecule has 1 aromatic rings. The number of unbranched alkanes of at least 4 members (excludes halogenated alkanes) is 1. The number of hydrogen-bond acceptors (Lipinski definition) is 4. The van der Waals surface area contributed by atoms with Gasteiger partial charge in [-0.1, -0.05) is 31.0 Å². The molecule has 6 heteroatoms. The molecule has 0 N–H and O–H groups in total. The van der Waals surface area contributed by atoms with E-state index in [1.54, 1.807) is 24.3 Å². The summed E-state index contributed by atoms with van der Waals surface area (Å²) in [6.45, 7) is 11.4. The quantitative estimate of drug-likeness (QED) is 0.783. The van der Waals surface area contributed by atoms with Gasteiger partial charge in [0.15, 0.2) is 15.1 Å². The molecule has 112 valence electrons. The van der Waals surface area contributed by atoms with Gasteiger partial charge in [0, 0.05) is 0 Å². The van der Waals surface area contributed by atoms with Crippen molar-refractivity contribution in [2.45, 2.75) is 48.9 Å². The fraction of sp³-hybridized carbons (Fsp3) is 0.533. The number of azo groups is 1. The minimum atomic E-state index is -3.61. The van der Waals surface area contributed by atoms with Gasteiger partial charge in [-0.3, -0.25) is 4.85 Å². The van der Waals surface area contributed by atoms with Gasteiger partial charge in [-0.15, -0.1) is 5.11 Å². The molecule has 1 heterocycles. The highest BCUT2D eigenvalue weighted by Crippen LogP contribution is 2.37. The maximum absolute atomic E-state index is 12.8. The molecule has 2 atom stereocenters. The van der Waals surface area contributed by atoms with E-state index in [9.17, 15) is 8.42 Å². The molecular formula is C15H19N3O2S. The molecule has 0 bridgehead atoms. The lowest BCUT2D eigenvalue weighted by molar-refractivity contribution is 0.458. The van der Waals surface area contributed by atoms with Gasteiger partial charge in [0.1, 0.15) is 0 Å². The summed E-state index contributed by atoms with van der Waals surface area (Å²) in [5.41, 5.74) is -0.253. The molecule has 0 radical (unpaired) electrons. The van der Waals surface area contributed by atoms with E-state index >= 15 is 0 Å². The number of sulfone groups is 1. The van der Waals surface area contributed by atoms with Crippen molar-refractivity contribution in [2.75, 3.05) is 6.54 Å². The highest BCUT2D eigenvalue weighted by atomic mass is 32.2. The van der Waals surface area contributed by atoms with Crippen LogP contribution in [0.5, 0.6) is 0 Å². The SMILES string of the molecule is [C-]#[N+][C@@]1(CCCC)N=NC[C@H]1S(=O)(=O)c1ccc(C)cc1. The van der Waals surface area contributed by atoms with Crippen molar-refractivity contribution in [3.63, 3.8) is 0 Å². The maximum Gasteiger partial charge on any atom is 0.359 e. The van der Waals surface area contributed by atoms with Crippen LogP contribution in [-0.4, -0.2) is 25.9 Å². The van der Waals surface area contributed by atoms with Gasteiger partial charge in [0.25, 0.3) is 0 Å². The summed E-state index contributed by atoms with van der Waals surface area (Å²) in [4.78, 5) is 3.80. The van der Waals surface area contributed by atoms with Gasteiger partial charge in [0.05, 0.1) is 17.9 Å². The van der Waals surface area contributed by atoms with E-state index in [4.69, 9.17) is 6.57 Å². The monoisotopic (exact) mass is 305 g/mol. The minimum absolute atomic E-state index is 0.0717. The third kappa shape index (κ3) is 2.84. The van der Waals surface area contributed by atoms with E-state index in [1.807, 2.05) is 13.8 Å². The molecule has 0 spiro atoms. The predicted molar refractivity (Wildman–Crippen MR) is 80.7 cm³/mol. The van der Waals surface area contributed by atoms with Crippen LogP contribution < -0.4 is 0 Å². The summed E-state index contributed by atoms with van der Waals surface area (Å²) in [5, 5.41) is 7.01. The summed E-state index contributed by atoms with van der Waals surface area (Å²) in [5.74, 6) is 0. The molecule has 5 nitrogen and oxygen atoms in total. The smallest absolute Gasteiger partial charge is 0.282 e. The van der Waals surface area contributed by atoms with Gasteiger partial charge in [-0.05, 0) is 25.5 Å². The van der Waals surface area contributed by atoms with Crippen molar-refractivity contribution in [3.05, 3.63) is 41.2 Å². The second kappa shape index (κ2) is 5.94. The molecule has 0 saturated heterocycles. The van der Waals surface area contributed by atoms with E-state index < -0.39 is 20.8 Å². The summed E-state index contributed by atoms with van der Waals surface area (Å²) in [6, 6.07) is 6.72. The molecule has 1 aliphatic heterocycles. The van der Waals surface area contributed by atoms with Crippen molar-refractivity contribution in [1.82, 2.24) is 0 Å². The molecule has 0 aromatic heterocycles. The summed E-state index contributed by atoms with van der Waals surface area (Å²) in [7, 11) is -3.61. The van der Waals surface area contributed by atoms with Crippen LogP contribution in [0.1, 0.15) is 31.7 Å². The summed E-state index contributed by atoms with van der Waals surface area (Å²) < 4.78 is 25.6. The van der Waals surface area contributed by atoms with Gasteiger partial charge < -0.3 is 0 Å². The third-order valence-corrected chi connectivity index (χ3v) is 6.03. The molecule has 0 amide bonds. The van der Waals surface area contributed by atoms with Crippen LogP contribution >= 0.6 is 0 Å². The van der Waals surface area contributed by atoms with Crippen LogP contribution in [-0.2, 0) is 9.84 Å². The Labute approximate surface area is 125 Å². The van der Waals surface area contributed by atoms with E-state index in [0.717, 1.165) is 18.4 Å². The van der Waals surface area contributed by atoms with E-state index in [1.165, 1.54) is 0 Å². The first-order chi connectivity index (χ1) is 9.96.